The summed E-state index contributed by atoms with van der Waals surface area (Å²) in [7, 11) is 0. The van der Waals surface area contributed by atoms with E-state index in [9.17, 15) is 4.79 Å². The molecule has 17 heavy (non-hydrogen) atoms. The number of esters is 1. The van der Waals surface area contributed by atoms with Gasteiger partial charge in [0, 0.05) is 6.04 Å². The van der Waals surface area contributed by atoms with E-state index in [-0.39, 0.29) is 18.1 Å². The lowest BCUT2D eigenvalue weighted by Gasteiger charge is -2.32. The van der Waals surface area contributed by atoms with Crippen LogP contribution in [0.2, 0.25) is 0 Å². The lowest BCUT2D eigenvalue weighted by Crippen LogP contribution is -2.43. The third-order valence-electron chi connectivity index (χ3n) is 2.78. The van der Waals surface area contributed by atoms with Crippen LogP contribution in [0.25, 0.3) is 0 Å². The van der Waals surface area contributed by atoms with E-state index in [0.29, 0.717) is 17.9 Å². The zero-order chi connectivity index (χ0) is 12.3. The summed E-state index contributed by atoms with van der Waals surface area (Å²) < 4.78 is 10.6. The Balaban J connectivity index is 1.98. The maximum atomic E-state index is 11.5. The molecule has 0 spiro atoms. The standard InChI is InChI=1S/C13H17NO3/c1-2-16-13(15)9-4-3-5-11(6-9)17-12-7-10(14)8-12/h3-6,10,12H,2,7-8,14H2,1H3/t10-,12-. The van der Waals surface area contributed by atoms with Crippen molar-refractivity contribution in [2.24, 2.45) is 5.73 Å². The number of hydrogen-bond acceptors (Lipinski definition) is 4. The van der Waals surface area contributed by atoms with Crippen molar-refractivity contribution in [1.82, 2.24) is 0 Å². The van der Waals surface area contributed by atoms with E-state index < -0.39 is 0 Å². The zero-order valence-electron chi connectivity index (χ0n) is 9.89. The number of carbonyl (C=O) groups is 1. The fraction of sp³-hybridized carbons (Fsp3) is 0.462. The van der Waals surface area contributed by atoms with Crippen LogP contribution in [0.3, 0.4) is 0 Å². The van der Waals surface area contributed by atoms with Gasteiger partial charge < -0.3 is 15.2 Å². The summed E-state index contributed by atoms with van der Waals surface area (Å²) in [6.07, 6.45) is 1.94. The van der Waals surface area contributed by atoms with Crippen LogP contribution in [-0.2, 0) is 4.74 Å². The van der Waals surface area contributed by atoms with Crippen molar-refractivity contribution in [3.63, 3.8) is 0 Å². The largest absolute Gasteiger partial charge is 0.490 e. The molecule has 0 unspecified atom stereocenters. The van der Waals surface area contributed by atoms with Gasteiger partial charge in [0.25, 0.3) is 0 Å². The molecule has 2 rings (SSSR count). The van der Waals surface area contributed by atoms with E-state index in [2.05, 4.69) is 0 Å². The number of hydrogen-bond donors (Lipinski definition) is 1. The van der Waals surface area contributed by atoms with Crippen LogP contribution in [0.15, 0.2) is 24.3 Å². The van der Waals surface area contributed by atoms with Crippen LogP contribution in [0.1, 0.15) is 30.1 Å². The Morgan fingerprint density at radius 3 is 2.88 bits per heavy atom. The molecular formula is C13H17NO3. The van der Waals surface area contributed by atoms with Crippen molar-refractivity contribution in [2.45, 2.75) is 31.9 Å². The van der Waals surface area contributed by atoms with Gasteiger partial charge in [0.15, 0.2) is 0 Å². The molecule has 0 aliphatic heterocycles. The second-order valence-electron chi connectivity index (χ2n) is 4.22. The highest BCUT2D eigenvalue weighted by Gasteiger charge is 2.27. The molecule has 1 aliphatic carbocycles. The Kier molecular flexibility index (Phi) is 3.64. The van der Waals surface area contributed by atoms with E-state index in [1.54, 1.807) is 25.1 Å². The van der Waals surface area contributed by atoms with Gasteiger partial charge in [-0.15, -0.1) is 0 Å². The summed E-state index contributed by atoms with van der Waals surface area (Å²) in [5.41, 5.74) is 6.21. The summed E-state index contributed by atoms with van der Waals surface area (Å²) in [6, 6.07) is 7.32. The predicted molar refractivity (Wildman–Crippen MR) is 64.0 cm³/mol. The highest BCUT2D eigenvalue weighted by atomic mass is 16.5. The number of benzene rings is 1. The minimum absolute atomic E-state index is 0.183. The normalized spacial score (nSPS) is 22.7. The average Bonchev–Trinajstić information content (AvgIpc) is 2.28. The minimum atomic E-state index is -0.316. The summed E-state index contributed by atoms with van der Waals surface area (Å²) in [5.74, 6) is 0.385. The third-order valence-corrected chi connectivity index (χ3v) is 2.78. The zero-order valence-corrected chi connectivity index (χ0v) is 9.89. The summed E-state index contributed by atoms with van der Waals surface area (Å²) in [6.45, 7) is 2.16. The first-order valence-electron chi connectivity index (χ1n) is 5.88. The van der Waals surface area contributed by atoms with Crippen molar-refractivity contribution in [3.8, 4) is 5.75 Å². The maximum absolute atomic E-state index is 11.5. The van der Waals surface area contributed by atoms with Crippen LogP contribution in [0.5, 0.6) is 5.75 Å². The van der Waals surface area contributed by atoms with E-state index in [0.717, 1.165) is 12.8 Å². The molecule has 0 radical (unpaired) electrons. The fourth-order valence-electron chi connectivity index (χ4n) is 1.81. The van der Waals surface area contributed by atoms with Crippen molar-refractivity contribution in [2.75, 3.05) is 6.61 Å². The lowest BCUT2D eigenvalue weighted by molar-refractivity contribution is 0.0524. The number of ether oxygens (including phenoxy) is 2. The van der Waals surface area contributed by atoms with Crippen LogP contribution in [0.4, 0.5) is 0 Å². The average molecular weight is 235 g/mol. The van der Waals surface area contributed by atoms with E-state index in [4.69, 9.17) is 15.2 Å². The summed E-state index contributed by atoms with van der Waals surface area (Å²) in [4.78, 5) is 11.5. The van der Waals surface area contributed by atoms with Gasteiger partial charge in [-0.1, -0.05) is 6.07 Å². The van der Waals surface area contributed by atoms with Gasteiger partial charge in [-0.3, -0.25) is 0 Å². The van der Waals surface area contributed by atoms with Gasteiger partial charge in [0.2, 0.25) is 0 Å². The van der Waals surface area contributed by atoms with Crippen molar-refractivity contribution in [1.29, 1.82) is 0 Å². The second kappa shape index (κ2) is 5.19. The Morgan fingerprint density at radius 2 is 2.24 bits per heavy atom. The summed E-state index contributed by atoms with van der Waals surface area (Å²) in [5, 5.41) is 0. The molecule has 0 saturated heterocycles. The van der Waals surface area contributed by atoms with Crippen LogP contribution >= 0.6 is 0 Å². The smallest absolute Gasteiger partial charge is 0.338 e. The number of rotatable bonds is 4. The van der Waals surface area contributed by atoms with Gasteiger partial charge in [0.1, 0.15) is 11.9 Å². The molecule has 1 aromatic rings. The van der Waals surface area contributed by atoms with Gasteiger partial charge in [-0.05, 0) is 38.0 Å². The molecule has 1 fully saturated rings. The van der Waals surface area contributed by atoms with Crippen molar-refractivity contribution in [3.05, 3.63) is 29.8 Å². The Morgan fingerprint density at radius 1 is 1.47 bits per heavy atom. The molecule has 4 nitrogen and oxygen atoms in total. The highest BCUT2D eigenvalue weighted by molar-refractivity contribution is 5.89. The Bertz CT molecular complexity index is 399. The first-order valence-corrected chi connectivity index (χ1v) is 5.88. The molecule has 0 amide bonds. The molecule has 1 aliphatic rings. The molecule has 1 saturated carbocycles. The Labute approximate surface area is 101 Å². The second-order valence-corrected chi connectivity index (χ2v) is 4.22. The van der Waals surface area contributed by atoms with E-state index in [1.165, 1.54) is 0 Å². The minimum Gasteiger partial charge on any atom is -0.490 e. The van der Waals surface area contributed by atoms with Crippen LogP contribution < -0.4 is 10.5 Å². The first kappa shape index (κ1) is 11.9. The van der Waals surface area contributed by atoms with Crippen molar-refractivity contribution < 1.29 is 14.3 Å². The highest BCUT2D eigenvalue weighted by Crippen LogP contribution is 2.25. The molecular weight excluding hydrogens is 218 g/mol. The van der Waals surface area contributed by atoms with E-state index >= 15 is 0 Å². The SMILES string of the molecule is CCOC(=O)c1cccc(O[C@H]2C[C@H](N)C2)c1. The molecule has 0 atom stereocenters. The van der Waals surface area contributed by atoms with Gasteiger partial charge in [0.05, 0.1) is 12.2 Å². The monoisotopic (exact) mass is 235 g/mol. The quantitative estimate of drug-likeness (QED) is 0.807. The molecule has 2 N–H and O–H groups in total. The summed E-state index contributed by atoms with van der Waals surface area (Å²) >= 11 is 0. The van der Waals surface area contributed by atoms with Crippen LogP contribution in [0, 0.1) is 0 Å². The van der Waals surface area contributed by atoms with Gasteiger partial charge >= 0.3 is 5.97 Å². The first-order chi connectivity index (χ1) is 8.19. The topological polar surface area (TPSA) is 61.5 Å². The maximum Gasteiger partial charge on any atom is 0.338 e. The van der Waals surface area contributed by atoms with Gasteiger partial charge in [-0.2, -0.15) is 0 Å². The van der Waals surface area contributed by atoms with E-state index in [1.807, 2.05) is 6.07 Å². The Hall–Kier alpha value is -1.55. The van der Waals surface area contributed by atoms with Crippen molar-refractivity contribution >= 4 is 5.97 Å². The van der Waals surface area contributed by atoms with Crippen LogP contribution in [-0.4, -0.2) is 24.7 Å². The third kappa shape index (κ3) is 2.97. The molecule has 0 heterocycles. The molecule has 4 heteroatoms. The van der Waals surface area contributed by atoms with Gasteiger partial charge in [-0.25, -0.2) is 4.79 Å². The molecule has 1 aromatic carbocycles. The molecule has 0 bridgehead atoms. The number of nitrogens with two attached hydrogens (primary N) is 1. The fourth-order valence-corrected chi connectivity index (χ4v) is 1.81. The predicted octanol–water partition coefficient (Wildman–Crippen LogP) is 1.73. The number of carbonyl (C=O) groups excluding carboxylic acids is 1. The lowest BCUT2D eigenvalue weighted by atomic mass is 9.90. The molecule has 0 aromatic heterocycles. The molecule has 92 valence electrons.